The van der Waals surface area contributed by atoms with Crippen LogP contribution in [0.15, 0.2) is 24.5 Å². The molecular formula is C12H19ClNO2-. The Bertz CT molecular complexity index is 311. The summed E-state index contributed by atoms with van der Waals surface area (Å²) in [7, 11) is 0. The van der Waals surface area contributed by atoms with E-state index >= 15 is 0 Å². The van der Waals surface area contributed by atoms with Gasteiger partial charge in [-0.1, -0.05) is 21.3 Å². The van der Waals surface area contributed by atoms with E-state index < -0.39 is 5.97 Å². The molecule has 0 aromatic carbocycles. The average molecular weight is 245 g/mol. The Labute approximate surface area is 104 Å². The van der Waals surface area contributed by atoms with Gasteiger partial charge in [0.1, 0.15) is 5.97 Å². The summed E-state index contributed by atoms with van der Waals surface area (Å²) in [4.78, 5) is 10.3. The highest BCUT2D eigenvalue weighted by atomic mass is 35.5. The number of carboxylic acid groups (broad SMARTS) is 1. The van der Waals surface area contributed by atoms with Gasteiger partial charge >= 0.3 is 0 Å². The van der Waals surface area contributed by atoms with E-state index in [0.717, 1.165) is 6.42 Å². The van der Waals surface area contributed by atoms with Gasteiger partial charge in [0.05, 0.1) is 0 Å². The molecule has 0 saturated carbocycles. The lowest BCUT2D eigenvalue weighted by atomic mass is 10.0. The Morgan fingerprint density at radius 2 is 1.94 bits per heavy atom. The molecule has 92 valence electrons. The predicted octanol–water partition coefficient (Wildman–Crippen LogP) is -2.12. The molecule has 0 radical (unpaired) electrons. The van der Waals surface area contributed by atoms with Crippen molar-refractivity contribution < 1.29 is 26.9 Å². The summed E-state index contributed by atoms with van der Waals surface area (Å²) >= 11 is 0. The summed E-state index contributed by atoms with van der Waals surface area (Å²) in [6, 6.07) is 3.91. The SMILES string of the molecule is C.CCC(C)c1cc[n+](CC(=O)[O-])cc1.[Cl-]. The minimum Gasteiger partial charge on any atom is -1.00 e. The molecule has 1 atom stereocenters. The van der Waals surface area contributed by atoms with Crippen LogP contribution < -0.4 is 22.1 Å². The molecule has 16 heavy (non-hydrogen) atoms. The topological polar surface area (TPSA) is 44.0 Å². The van der Waals surface area contributed by atoms with Gasteiger partial charge in [0.15, 0.2) is 18.9 Å². The zero-order chi connectivity index (χ0) is 10.6. The molecule has 1 rings (SSSR count). The Morgan fingerprint density at radius 1 is 1.44 bits per heavy atom. The fraction of sp³-hybridized carbons (Fsp3) is 0.500. The predicted molar refractivity (Wildman–Crippen MR) is 57.1 cm³/mol. The van der Waals surface area contributed by atoms with Crippen molar-refractivity contribution in [3.63, 3.8) is 0 Å². The van der Waals surface area contributed by atoms with Crippen molar-refractivity contribution in [2.45, 2.75) is 40.2 Å². The molecule has 4 heteroatoms. The fourth-order valence-corrected chi connectivity index (χ4v) is 1.29. The van der Waals surface area contributed by atoms with Crippen LogP contribution in [0.4, 0.5) is 0 Å². The van der Waals surface area contributed by atoms with Crippen molar-refractivity contribution in [3.05, 3.63) is 30.1 Å². The van der Waals surface area contributed by atoms with Gasteiger partial charge in [-0.25, -0.2) is 0 Å². The molecule has 1 aromatic rings. The molecule has 0 aliphatic rings. The van der Waals surface area contributed by atoms with Crippen LogP contribution in [0.3, 0.4) is 0 Å². The van der Waals surface area contributed by atoms with Crippen LogP contribution in [-0.2, 0) is 11.3 Å². The Hall–Kier alpha value is -1.09. The fourth-order valence-electron chi connectivity index (χ4n) is 1.29. The first-order valence-electron chi connectivity index (χ1n) is 4.82. The van der Waals surface area contributed by atoms with E-state index in [2.05, 4.69) is 13.8 Å². The minimum atomic E-state index is -1.06. The van der Waals surface area contributed by atoms with Crippen molar-refractivity contribution in [1.82, 2.24) is 0 Å². The summed E-state index contributed by atoms with van der Waals surface area (Å²) in [5, 5.41) is 10.3. The molecule has 0 amide bonds. The second-order valence-electron chi connectivity index (χ2n) is 3.49. The van der Waals surface area contributed by atoms with Crippen LogP contribution in [0.5, 0.6) is 0 Å². The maximum absolute atomic E-state index is 10.3. The van der Waals surface area contributed by atoms with Gasteiger partial charge in [-0.2, -0.15) is 4.57 Å². The third-order valence-corrected chi connectivity index (χ3v) is 2.41. The quantitative estimate of drug-likeness (QED) is 0.569. The number of rotatable bonds is 4. The summed E-state index contributed by atoms with van der Waals surface area (Å²) < 4.78 is 1.60. The highest BCUT2D eigenvalue weighted by molar-refractivity contribution is 5.62. The molecule has 3 nitrogen and oxygen atoms in total. The lowest BCUT2D eigenvalue weighted by molar-refractivity contribution is -0.690. The Balaban J connectivity index is 0. The average Bonchev–Trinajstić information content (AvgIpc) is 2.17. The Kier molecular flexibility index (Phi) is 8.77. The normalized spacial score (nSPS) is 10.9. The molecule has 0 fully saturated rings. The van der Waals surface area contributed by atoms with Crippen LogP contribution in [-0.4, -0.2) is 5.97 Å². The van der Waals surface area contributed by atoms with Crippen LogP contribution >= 0.6 is 0 Å². The van der Waals surface area contributed by atoms with E-state index in [0.29, 0.717) is 5.92 Å². The van der Waals surface area contributed by atoms with Crippen LogP contribution in [0.2, 0.25) is 0 Å². The first-order chi connectivity index (χ1) is 6.63. The molecule has 0 saturated heterocycles. The lowest BCUT2D eigenvalue weighted by Crippen LogP contribution is -3.00. The number of carbonyl (C=O) groups excluding carboxylic acids is 1. The first kappa shape index (κ1) is 17.3. The minimum absolute atomic E-state index is 0. The third kappa shape index (κ3) is 5.12. The molecule has 1 unspecified atom stereocenters. The molecule has 1 aromatic heterocycles. The summed E-state index contributed by atoms with van der Waals surface area (Å²) in [5.41, 5.74) is 1.24. The van der Waals surface area contributed by atoms with Gasteiger partial charge in [-0.05, 0) is 17.9 Å². The van der Waals surface area contributed by atoms with Crippen molar-refractivity contribution in [2.75, 3.05) is 0 Å². The molecule has 1 heterocycles. The van der Waals surface area contributed by atoms with E-state index in [-0.39, 0.29) is 26.4 Å². The standard InChI is InChI=1S/C11H15NO2.CH4.ClH/c1-3-9(2)10-4-6-12(7-5-10)8-11(13)14;;/h4-7,9H,3,8H2,1-2H3;1H4;1H/p-1. The number of carboxylic acids is 1. The number of hydrogen-bond acceptors (Lipinski definition) is 2. The van der Waals surface area contributed by atoms with Gasteiger partial charge in [-0.3, -0.25) is 0 Å². The lowest BCUT2D eigenvalue weighted by Gasteiger charge is -2.07. The number of hydrogen-bond donors (Lipinski definition) is 0. The van der Waals surface area contributed by atoms with Crippen molar-refractivity contribution in [1.29, 1.82) is 0 Å². The van der Waals surface area contributed by atoms with Gasteiger partial charge in [0, 0.05) is 12.1 Å². The largest absolute Gasteiger partial charge is 1.00 e. The summed E-state index contributed by atoms with van der Waals surface area (Å²) in [6.45, 7) is 4.20. The summed E-state index contributed by atoms with van der Waals surface area (Å²) in [6.07, 6.45) is 4.64. The van der Waals surface area contributed by atoms with E-state index in [1.54, 1.807) is 17.0 Å². The maximum atomic E-state index is 10.3. The second kappa shape index (κ2) is 8.11. The van der Waals surface area contributed by atoms with E-state index in [1.807, 2.05) is 12.1 Å². The third-order valence-electron chi connectivity index (χ3n) is 2.41. The van der Waals surface area contributed by atoms with Gasteiger partial charge in [0.2, 0.25) is 0 Å². The maximum Gasteiger partial charge on any atom is 0.187 e. The van der Waals surface area contributed by atoms with E-state index in [1.165, 1.54) is 5.56 Å². The number of carbonyl (C=O) groups is 1. The Morgan fingerprint density at radius 3 is 2.31 bits per heavy atom. The highest BCUT2D eigenvalue weighted by Gasteiger charge is 2.05. The number of halogens is 1. The van der Waals surface area contributed by atoms with Gasteiger partial charge in [-0.15, -0.1) is 0 Å². The van der Waals surface area contributed by atoms with Crippen molar-refractivity contribution in [2.24, 2.45) is 0 Å². The molecule has 0 spiro atoms. The molecule has 0 aliphatic carbocycles. The molecule has 0 N–H and O–H groups in total. The van der Waals surface area contributed by atoms with Gasteiger partial charge < -0.3 is 22.3 Å². The van der Waals surface area contributed by atoms with E-state index in [9.17, 15) is 9.90 Å². The monoisotopic (exact) mass is 244 g/mol. The van der Waals surface area contributed by atoms with Crippen LogP contribution in [0.1, 0.15) is 39.2 Å². The zero-order valence-electron chi connectivity index (χ0n) is 8.94. The highest BCUT2D eigenvalue weighted by Crippen LogP contribution is 2.16. The van der Waals surface area contributed by atoms with Crippen molar-refractivity contribution >= 4 is 5.97 Å². The van der Waals surface area contributed by atoms with Gasteiger partial charge in [0.25, 0.3) is 0 Å². The number of aliphatic carboxylic acids is 1. The second-order valence-corrected chi connectivity index (χ2v) is 3.49. The number of pyridine rings is 1. The first-order valence-corrected chi connectivity index (χ1v) is 4.82. The number of nitrogens with zero attached hydrogens (tertiary/aromatic N) is 1. The summed E-state index contributed by atoms with van der Waals surface area (Å²) in [5.74, 6) is -0.543. The van der Waals surface area contributed by atoms with E-state index in [4.69, 9.17) is 0 Å². The number of aromatic nitrogens is 1. The molecule has 0 bridgehead atoms. The zero-order valence-corrected chi connectivity index (χ0v) is 9.70. The molecular weight excluding hydrogens is 226 g/mol. The van der Waals surface area contributed by atoms with Crippen LogP contribution in [0, 0.1) is 0 Å². The molecule has 0 aliphatic heterocycles. The van der Waals surface area contributed by atoms with Crippen LogP contribution in [0.25, 0.3) is 0 Å². The van der Waals surface area contributed by atoms with Crippen molar-refractivity contribution in [3.8, 4) is 0 Å². The smallest absolute Gasteiger partial charge is 0.187 e.